The van der Waals surface area contributed by atoms with Gasteiger partial charge in [-0.25, -0.2) is 0 Å². The van der Waals surface area contributed by atoms with Crippen molar-refractivity contribution >= 4 is 18.3 Å². The van der Waals surface area contributed by atoms with Gasteiger partial charge in [0.1, 0.15) is 0 Å². The molecule has 1 amide bonds. The molecule has 1 heterocycles. The summed E-state index contributed by atoms with van der Waals surface area (Å²) >= 11 is 0. The number of halogens is 1. The first-order valence-electron chi connectivity index (χ1n) is 7.29. The average Bonchev–Trinajstić information content (AvgIpc) is 3.05. The highest BCUT2D eigenvalue weighted by molar-refractivity contribution is 5.87. The maximum absolute atomic E-state index is 12.5. The van der Waals surface area contributed by atoms with Crippen LogP contribution >= 0.6 is 12.4 Å². The zero-order chi connectivity index (χ0) is 11.9. The third kappa shape index (κ3) is 2.27. The van der Waals surface area contributed by atoms with Gasteiger partial charge in [0.05, 0.1) is 5.54 Å². The molecule has 2 aliphatic carbocycles. The lowest BCUT2D eigenvalue weighted by Crippen LogP contribution is -2.56. The van der Waals surface area contributed by atoms with Crippen LogP contribution < -0.4 is 10.6 Å². The predicted molar refractivity (Wildman–Crippen MR) is 74.9 cm³/mol. The van der Waals surface area contributed by atoms with Gasteiger partial charge in [0.15, 0.2) is 0 Å². The van der Waals surface area contributed by atoms with Gasteiger partial charge >= 0.3 is 0 Å². The van der Waals surface area contributed by atoms with Crippen molar-refractivity contribution < 1.29 is 4.79 Å². The van der Waals surface area contributed by atoms with E-state index in [1.54, 1.807) is 0 Å². The Morgan fingerprint density at radius 2 is 2.22 bits per heavy atom. The van der Waals surface area contributed by atoms with Crippen molar-refractivity contribution in [1.29, 1.82) is 0 Å². The maximum atomic E-state index is 12.5. The number of hydrogen-bond donors (Lipinski definition) is 2. The molecule has 3 aliphatic rings. The molecule has 2 bridgehead atoms. The molecular weight excluding hydrogens is 248 g/mol. The van der Waals surface area contributed by atoms with Crippen LogP contribution in [0.3, 0.4) is 0 Å². The van der Waals surface area contributed by atoms with E-state index in [0.29, 0.717) is 6.04 Å². The van der Waals surface area contributed by atoms with E-state index in [4.69, 9.17) is 0 Å². The number of rotatable bonds is 3. The molecule has 104 valence electrons. The van der Waals surface area contributed by atoms with Crippen LogP contribution in [0.15, 0.2) is 0 Å². The molecule has 1 aliphatic heterocycles. The summed E-state index contributed by atoms with van der Waals surface area (Å²) in [6.07, 6.45) is 8.39. The predicted octanol–water partition coefficient (Wildman–Crippen LogP) is 2.25. The van der Waals surface area contributed by atoms with Crippen molar-refractivity contribution in [1.82, 2.24) is 10.6 Å². The molecule has 0 aromatic carbocycles. The van der Waals surface area contributed by atoms with Gasteiger partial charge in [-0.2, -0.15) is 0 Å². The van der Waals surface area contributed by atoms with Crippen LogP contribution in [0.4, 0.5) is 0 Å². The minimum Gasteiger partial charge on any atom is -0.351 e. The molecule has 2 saturated carbocycles. The summed E-state index contributed by atoms with van der Waals surface area (Å²) in [6, 6.07) is 0.479. The molecule has 1 saturated heterocycles. The van der Waals surface area contributed by atoms with Gasteiger partial charge in [-0.1, -0.05) is 13.3 Å². The Kier molecular flexibility index (Phi) is 4.22. The van der Waals surface area contributed by atoms with Crippen molar-refractivity contribution in [2.75, 3.05) is 6.54 Å². The molecule has 3 fully saturated rings. The third-order valence-corrected chi connectivity index (χ3v) is 5.34. The molecule has 18 heavy (non-hydrogen) atoms. The first-order valence-corrected chi connectivity index (χ1v) is 7.29. The smallest absolute Gasteiger partial charge is 0.240 e. The zero-order valence-electron chi connectivity index (χ0n) is 11.2. The Bertz CT molecular complexity index is 315. The summed E-state index contributed by atoms with van der Waals surface area (Å²) in [7, 11) is 0. The van der Waals surface area contributed by atoms with Crippen molar-refractivity contribution in [2.24, 2.45) is 11.8 Å². The van der Waals surface area contributed by atoms with Gasteiger partial charge < -0.3 is 10.6 Å². The van der Waals surface area contributed by atoms with Gasteiger partial charge in [-0.3, -0.25) is 4.79 Å². The molecule has 0 aromatic rings. The molecule has 4 heteroatoms. The van der Waals surface area contributed by atoms with Gasteiger partial charge in [0.25, 0.3) is 0 Å². The van der Waals surface area contributed by atoms with E-state index < -0.39 is 0 Å². The molecular formula is C14H25ClN2O. The summed E-state index contributed by atoms with van der Waals surface area (Å²) in [5.74, 6) is 1.95. The van der Waals surface area contributed by atoms with Crippen molar-refractivity contribution in [3.8, 4) is 0 Å². The minimum absolute atomic E-state index is 0. The zero-order valence-corrected chi connectivity index (χ0v) is 12.0. The van der Waals surface area contributed by atoms with E-state index in [9.17, 15) is 4.79 Å². The standard InChI is InChI=1S/C14H24N2O.ClH/c1-2-14(6-3-7-15-14)13(17)16-12-9-10-4-5-11(12)8-10;/h10-12,15H,2-9H2,1H3,(H,16,17);1H. The number of carbonyl (C=O) groups excluding carboxylic acids is 1. The van der Waals surface area contributed by atoms with Crippen LogP contribution in [0.2, 0.25) is 0 Å². The van der Waals surface area contributed by atoms with E-state index >= 15 is 0 Å². The Labute approximate surface area is 116 Å². The fourth-order valence-corrected chi connectivity index (χ4v) is 4.19. The maximum Gasteiger partial charge on any atom is 0.240 e. The highest BCUT2D eigenvalue weighted by atomic mass is 35.5. The molecule has 2 N–H and O–H groups in total. The lowest BCUT2D eigenvalue weighted by atomic mass is 9.90. The van der Waals surface area contributed by atoms with Gasteiger partial charge in [-0.15, -0.1) is 12.4 Å². The van der Waals surface area contributed by atoms with Crippen LogP contribution in [0.1, 0.15) is 51.9 Å². The Balaban J connectivity index is 0.00000120. The average molecular weight is 273 g/mol. The lowest BCUT2D eigenvalue weighted by Gasteiger charge is -2.31. The van der Waals surface area contributed by atoms with E-state index in [-0.39, 0.29) is 23.9 Å². The molecule has 3 rings (SSSR count). The Morgan fingerprint density at radius 3 is 2.72 bits per heavy atom. The first-order chi connectivity index (χ1) is 8.23. The highest BCUT2D eigenvalue weighted by Crippen LogP contribution is 2.44. The van der Waals surface area contributed by atoms with Crippen molar-refractivity contribution in [3.05, 3.63) is 0 Å². The van der Waals surface area contributed by atoms with E-state index in [1.165, 1.54) is 25.7 Å². The SMILES string of the molecule is CCC1(C(=O)NC2CC3CCC2C3)CCCN1.Cl. The van der Waals surface area contributed by atoms with Crippen LogP contribution in [0, 0.1) is 11.8 Å². The summed E-state index contributed by atoms with van der Waals surface area (Å²) in [5.41, 5.74) is -0.248. The summed E-state index contributed by atoms with van der Waals surface area (Å²) < 4.78 is 0. The molecule has 3 nitrogen and oxygen atoms in total. The summed E-state index contributed by atoms with van der Waals surface area (Å²) in [4.78, 5) is 12.5. The third-order valence-electron chi connectivity index (χ3n) is 5.34. The van der Waals surface area contributed by atoms with Crippen molar-refractivity contribution in [2.45, 2.75) is 63.5 Å². The second kappa shape index (κ2) is 5.38. The molecule has 4 unspecified atom stereocenters. The molecule has 0 aromatic heterocycles. The van der Waals surface area contributed by atoms with E-state index in [1.807, 2.05) is 0 Å². The van der Waals surface area contributed by atoms with Gasteiger partial charge in [-0.05, 0) is 56.9 Å². The van der Waals surface area contributed by atoms with Crippen LogP contribution in [0.5, 0.6) is 0 Å². The quantitative estimate of drug-likeness (QED) is 0.827. The molecule has 0 radical (unpaired) electrons. The first kappa shape index (κ1) is 14.1. The largest absolute Gasteiger partial charge is 0.351 e. The number of fused-ring (bicyclic) bond motifs is 2. The van der Waals surface area contributed by atoms with Crippen LogP contribution in [-0.2, 0) is 4.79 Å². The number of hydrogen-bond acceptors (Lipinski definition) is 2. The molecule has 4 atom stereocenters. The van der Waals surface area contributed by atoms with E-state index in [0.717, 1.165) is 37.6 Å². The monoisotopic (exact) mass is 272 g/mol. The van der Waals surface area contributed by atoms with Gasteiger partial charge in [0.2, 0.25) is 5.91 Å². The number of carbonyl (C=O) groups is 1. The topological polar surface area (TPSA) is 41.1 Å². The summed E-state index contributed by atoms with van der Waals surface area (Å²) in [6.45, 7) is 3.12. The summed E-state index contributed by atoms with van der Waals surface area (Å²) in [5, 5.41) is 6.77. The molecule has 0 spiro atoms. The Morgan fingerprint density at radius 1 is 1.39 bits per heavy atom. The second-order valence-corrected chi connectivity index (χ2v) is 6.22. The lowest BCUT2D eigenvalue weighted by molar-refractivity contribution is -0.128. The van der Waals surface area contributed by atoms with Crippen LogP contribution in [-0.4, -0.2) is 24.0 Å². The van der Waals surface area contributed by atoms with Gasteiger partial charge in [0, 0.05) is 6.04 Å². The minimum atomic E-state index is -0.248. The Hall–Kier alpha value is -0.280. The van der Waals surface area contributed by atoms with Crippen molar-refractivity contribution in [3.63, 3.8) is 0 Å². The van der Waals surface area contributed by atoms with E-state index in [2.05, 4.69) is 17.6 Å². The van der Waals surface area contributed by atoms with Crippen LogP contribution in [0.25, 0.3) is 0 Å². The normalized spacial score (nSPS) is 41.7. The fraction of sp³-hybridized carbons (Fsp3) is 0.929. The second-order valence-electron chi connectivity index (χ2n) is 6.22. The number of nitrogens with one attached hydrogen (secondary N) is 2. The highest BCUT2D eigenvalue weighted by Gasteiger charge is 2.44. The number of amides is 1. The fourth-order valence-electron chi connectivity index (χ4n) is 4.19.